The van der Waals surface area contributed by atoms with E-state index in [0.29, 0.717) is 24.2 Å². The van der Waals surface area contributed by atoms with Crippen LogP contribution in [-0.4, -0.2) is 33.6 Å². The second-order valence-corrected chi connectivity index (χ2v) is 10.1. The van der Waals surface area contributed by atoms with Gasteiger partial charge in [-0.2, -0.15) is 0 Å². The van der Waals surface area contributed by atoms with Crippen molar-refractivity contribution >= 4 is 22.9 Å². The van der Waals surface area contributed by atoms with Crippen LogP contribution in [0, 0.1) is 6.92 Å². The minimum atomic E-state index is -0.946. The van der Waals surface area contributed by atoms with Gasteiger partial charge in [0.1, 0.15) is 11.6 Å². The first-order chi connectivity index (χ1) is 19.9. The van der Waals surface area contributed by atoms with Crippen LogP contribution in [0.4, 0.5) is 0 Å². The largest absolute Gasteiger partial charge is 0.497 e. The number of aryl methyl sites for hydroxylation is 2. The molecule has 0 radical (unpaired) electrons. The lowest BCUT2D eigenvalue weighted by molar-refractivity contribution is 0.0697. The maximum atomic E-state index is 13.2. The second kappa shape index (κ2) is 12.1. The number of imidazole rings is 1. The van der Waals surface area contributed by atoms with E-state index in [9.17, 15) is 14.7 Å². The van der Waals surface area contributed by atoms with E-state index in [1.165, 1.54) is 0 Å². The number of ether oxygens (including phenoxy) is 1. The second-order valence-electron chi connectivity index (χ2n) is 10.1. The van der Waals surface area contributed by atoms with E-state index in [4.69, 9.17) is 9.72 Å². The lowest BCUT2D eigenvalue weighted by atomic mass is 9.98. The Morgan fingerprint density at radius 2 is 1.66 bits per heavy atom. The molecule has 0 saturated heterocycles. The number of carbonyl (C=O) groups excluding carboxylic acids is 1. The molecule has 1 aromatic heterocycles. The number of benzene rings is 4. The molecular formula is C34H33N3O4. The maximum absolute atomic E-state index is 13.2. The van der Waals surface area contributed by atoms with Crippen LogP contribution in [0.3, 0.4) is 0 Å². The molecule has 41 heavy (non-hydrogen) atoms. The van der Waals surface area contributed by atoms with Crippen molar-refractivity contribution < 1.29 is 19.4 Å². The van der Waals surface area contributed by atoms with Crippen LogP contribution in [0.25, 0.3) is 22.2 Å². The van der Waals surface area contributed by atoms with Crippen LogP contribution < -0.4 is 10.1 Å². The van der Waals surface area contributed by atoms with Crippen LogP contribution >= 0.6 is 0 Å². The Morgan fingerprint density at radius 1 is 0.951 bits per heavy atom. The maximum Gasteiger partial charge on any atom is 0.336 e. The highest BCUT2D eigenvalue weighted by Crippen LogP contribution is 2.27. The Bertz CT molecular complexity index is 1700. The molecule has 0 aliphatic rings. The molecular weight excluding hydrogens is 514 g/mol. The molecule has 7 heteroatoms. The molecule has 5 rings (SSSR count). The van der Waals surface area contributed by atoms with Gasteiger partial charge in [-0.05, 0) is 71.5 Å². The van der Waals surface area contributed by atoms with Crippen molar-refractivity contribution in [2.45, 2.75) is 39.8 Å². The highest BCUT2D eigenvalue weighted by atomic mass is 16.5. The molecule has 0 atom stereocenters. The van der Waals surface area contributed by atoms with E-state index >= 15 is 0 Å². The molecule has 0 bridgehead atoms. The van der Waals surface area contributed by atoms with Gasteiger partial charge >= 0.3 is 5.97 Å². The number of carboxylic acid groups (broad SMARTS) is 1. The summed E-state index contributed by atoms with van der Waals surface area (Å²) in [6.45, 7) is 5.12. The Labute approximate surface area is 239 Å². The van der Waals surface area contributed by atoms with Gasteiger partial charge in [-0.3, -0.25) is 4.79 Å². The van der Waals surface area contributed by atoms with Crippen molar-refractivity contribution in [2.24, 2.45) is 0 Å². The van der Waals surface area contributed by atoms with Gasteiger partial charge in [0.15, 0.2) is 0 Å². The van der Waals surface area contributed by atoms with Crippen LogP contribution in [-0.2, 0) is 19.5 Å². The number of fused-ring (bicyclic) bond motifs is 1. The first-order valence-corrected chi connectivity index (χ1v) is 13.7. The molecule has 1 amide bonds. The van der Waals surface area contributed by atoms with Gasteiger partial charge in [0.05, 0.1) is 23.7 Å². The topological polar surface area (TPSA) is 93.5 Å². The zero-order valence-corrected chi connectivity index (χ0v) is 23.5. The number of methoxy groups -OCH3 is 1. The zero-order chi connectivity index (χ0) is 28.9. The molecule has 0 aliphatic heterocycles. The van der Waals surface area contributed by atoms with Gasteiger partial charge < -0.3 is 19.7 Å². The number of aromatic carboxylic acids is 1. The van der Waals surface area contributed by atoms with Gasteiger partial charge in [0.2, 0.25) is 0 Å². The molecule has 0 fully saturated rings. The number of nitrogens with one attached hydrogen (secondary N) is 1. The van der Waals surface area contributed by atoms with Crippen LogP contribution in [0.5, 0.6) is 5.75 Å². The summed E-state index contributed by atoms with van der Waals surface area (Å²) >= 11 is 0. The van der Waals surface area contributed by atoms with Gasteiger partial charge in [-0.1, -0.05) is 61.5 Å². The zero-order valence-electron chi connectivity index (χ0n) is 23.5. The van der Waals surface area contributed by atoms with Gasteiger partial charge in [0.25, 0.3) is 5.91 Å². The number of carbonyl (C=O) groups is 2. The highest BCUT2D eigenvalue weighted by Gasteiger charge is 2.17. The van der Waals surface area contributed by atoms with E-state index in [2.05, 4.69) is 16.8 Å². The fourth-order valence-corrected chi connectivity index (χ4v) is 5.08. The van der Waals surface area contributed by atoms with Crippen molar-refractivity contribution in [3.8, 4) is 16.9 Å². The SMILES string of the molecule is CCCc1nc2c(C)cc(C(=O)NCc3ccc(OC)cc3)cc2n1Cc1ccc(-c2ccccc2C(=O)O)cc1. The predicted molar refractivity (Wildman–Crippen MR) is 161 cm³/mol. The summed E-state index contributed by atoms with van der Waals surface area (Å²) in [4.78, 5) is 29.8. The van der Waals surface area contributed by atoms with E-state index in [1.54, 1.807) is 19.2 Å². The molecule has 0 saturated carbocycles. The summed E-state index contributed by atoms with van der Waals surface area (Å²) in [5.74, 6) is 0.661. The average Bonchev–Trinajstić information content (AvgIpc) is 3.34. The molecule has 0 unspecified atom stereocenters. The molecule has 1 heterocycles. The molecule has 7 nitrogen and oxygen atoms in total. The number of carboxylic acids is 1. The van der Waals surface area contributed by atoms with Crippen molar-refractivity contribution in [2.75, 3.05) is 7.11 Å². The molecule has 5 aromatic rings. The predicted octanol–water partition coefficient (Wildman–Crippen LogP) is 6.65. The fraction of sp³-hybridized carbons (Fsp3) is 0.206. The smallest absolute Gasteiger partial charge is 0.336 e. The summed E-state index contributed by atoms with van der Waals surface area (Å²) in [5.41, 5.74) is 7.22. The third-order valence-corrected chi connectivity index (χ3v) is 7.23. The van der Waals surface area contributed by atoms with Crippen molar-refractivity contribution in [3.05, 3.63) is 119 Å². The Balaban J connectivity index is 1.43. The normalized spacial score (nSPS) is 11.0. The average molecular weight is 548 g/mol. The van der Waals surface area contributed by atoms with Gasteiger partial charge in [-0.15, -0.1) is 0 Å². The van der Waals surface area contributed by atoms with Crippen LogP contribution in [0.15, 0.2) is 84.9 Å². The number of hydrogen-bond acceptors (Lipinski definition) is 4. The number of nitrogens with zero attached hydrogens (tertiary/aromatic N) is 2. The molecule has 0 aliphatic carbocycles. The van der Waals surface area contributed by atoms with E-state index in [1.807, 2.05) is 79.7 Å². The quantitative estimate of drug-likeness (QED) is 0.204. The lowest BCUT2D eigenvalue weighted by Gasteiger charge is -2.12. The van der Waals surface area contributed by atoms with E-state index in [-0.39, 0.29) is 11.5 Å². The third kappa shape index (κ3) is 5.99. The summed E-state index contributed by atoms with van der Waals surface area (Å²) in [6.07, 6.45) is 1.76. The monoisotopic (exact) mass is 547 g/mol. The number of aromatic nitrogens is 2. The van der Waals surface area contributed by atoms with Crippen LogP contribution in [0.2, 0.25) is 0 Å². The molecule has 208 valence electrons. The van der Waals surface area contributed by atoms with Crippen LogP contribution in [0.1, 0.15) is 56.6 Å². The lowest BCUT2D eigenvalue weighted by Crippen LogP contribution is -2.23. The summed E-state index contributed by atoms with van der Waals surface area (Å²) in [5, 5.41) is 12.6. The van der Waals surface area contributed by atoms with E-state index in [0.717, 1.165) is 57.7 Å². The highest BCUT2D eigenvalue weighted by molar-refractivity contribution is 5.98. The Hall–Kier alpha value is -4.91. The third-order valence-electron chi connectivity index (χ3n) is 7.23. The molecule has 4 aromatic carbocycles. The first kappa shape index (κ1) is 27.6. The summed E-state index contributed by atoms with van der Waals surface area (Å²) in [7, 11) is 1.63. The minimum Gasteiger partial charge on any atom is -0.497 e. The minimum absolute atomic E-state index is 0.142. The van der Waals surface area contributed by atoms with Crippen molar-refractivity contribution in [1.29, 1.82) is 0 Å². The van der Waals surface area contributed by atoms with E-state index < -0.39 is 5.97 Å². The first-order valence-electron chi connectivity index (χ1n) is 13.7. The molecule has 0 spiro atoms. The summed E-state index contributed by atoms with van der Waals surface area (Å²) < 4.78 is 7.40. The number of rotatable bonds is 10. The Kier molecular flexibility index (Phi) is 8.15. The van der Waals surface area contributed by atoms with Gasteiger partial charge in [0, 0.05) is 25.1 Å². The van der Waals surface area contributed by atoms with Gasteiger partial charge in [-0.25, -0.2) is 9.78 Å². The summed E-state index contributed by atoms with van der Waals surface area (Å²) in [6, 6.07) is 26.4. The fourth-order valence-electron chi connectivity index (χ4n) is 5.08. The van der Waals surface area contributed by atoms with Crippen molar-refractivity contribution in [3.63, 3.8) is 0 Å². The number of hydrogen-bond donors (Lipinski definition) is 2. The molecule has 2 N–H and O–H groups in total. The number of amides is 1. The standard InChI is InChI=1S/C34H33N3O4/c1-4-7-31-36-32-22(2)18-26(33(38)35-20-23-12-16-27(41-3)17-13-23)19-30(32)37(31)21-24-10-14-25(15-11-24)28-8-5-6-9-29(28)34(39)40/h5-6,8-19H,4,7,20-21H2,1-3H3,(H,35,38)(H,39,40). The Morgan fingerprint density at radius 3 is 2.34 bits per heavy atom. The van der Waals surface area contributed by atoms with Crippen molar-refractivity contribution in [1.82, 2.24) is 14.9 Å².